The largest absolute Gasteiger partial charge is 0.457 e. The zero-order valence-electron chi connectivity index (χ0n) is 19.3. The van der Waals surface area contributed by atoms with E-state index in [0.29, 0.717) is 12.3 Å². The fraction of sp³-hybridized carbons (Fsp3) is 0.615. The third-order valence-corrected chi connectivity index (χ3v) is 8.01. The van der Waals surface area contributed by atoms with Crippen molar-refractivity contribution < 1.29 is 28.9 Å². The van der Waals surface area contributed by atoms with E-state index in [9.17, 15) is 14.7 Å². The number of fused-ring (bicyclic) bond motifs is 4. The van der Waals surface area contributed by atoms with Crippen molar-refractivity contribution in [3.05, 3.63) is 42.0 Å². The molecule has 0 spiro atoms. The number of aliphatic hydroxyl groups is 1. The molecule has 2 heterocycles. The highest BCUT2D eigenvalue weighted by Gasteiger charge is 2.72. The Morgan fingerprint density at radius 1 is 1.22 bits per heavy atom. The van der Waals surface area contributed by atoms with Crippen molar-refractivity contribution >= 4 is 18.0 Å². The third kappa shape index (κ3) is 3.77. The van der Waals surface area contributed by atoms with Gasteiger partial charge in [0.15, 0.2) is 0 Å². The minimum atomic E-state index is -0.745. The molecule has 6 nitrogen and oxygen atoms in total. The maximum atomic E-state index is 12.9. The molecule has 0 radical (unpaired) electrons. The van der Waals surface area contributed by atoms with Gasteiger partial charge in [-0.05, 0) is 49.2 Å². The number of rotatable bonds is 6. The summed E-state index contributed by atoms with van der Waals surface area (Å²) >= 11 is 0. The molecular weight excluding hydrogens is 408 g/mol. The highest BCUT2D eigenvalue weighted by Crippen LogP contribution is 2.63. The van der Waals surface area contributed by atoms with Crippen molar-refractivity contribution in [2.24, 2.45) is 23.7 Å². The lowest BCUT2D eigenvalue weighted by molar-refractivity contribution is -0.264. The Kier molecular flexibility index (Phi) is 6.21. The van der Waals surface area contributed by atoms with Crippen LogP contribution in [0.5, 0.6) is 0 Å². The molecule has 174 valence electrons. The summed E-state index contributed by atoms with van der Waals surface area (Å²) in [6.07, 6.45) is 4.72. The van der Waals surface area contributed by atoms with Crippen molar-refractivity contribution in [1.82, 2.24) is 0 Å². The molecule has 4 rings (SSSR count). The van der Waals surface area contributed by atoms with Crippen LogP contribution in [-0.2, 0) is 23.8 Å². The Morgan fingerprint density at radius 2 is 1.94 bits per heavy atom. The quantitative estimate of drug-likeness (QED) is 0.534. The molecule has 2 saturated heterocycles. The predicted molar refractivity (Wildman–Crippen MR) is 119 cm³/mol. The number of benzene rings is 1. The second kappa shape index (κ2) is 8.64. The summed E-state index contributed by atoms with van der Waals surface area (Å²) < 4.78 is 18.6. The number of hydrogen-bond acceptors (Lipinski definition) is 6. The first-order chi connectivity index (χ1) is 15.2. The molecular formula is C26H34O6. The van der Waals surface area contributed by atoms with Gasteiger partial charge < -0.3 is 19.3 Å². The van der Waals surface area contributed by atoms with Crippen LogP contribution in [-0.4, -0.2) is 47.1 Å². The van der Waals surface area contributed by atoms with E-state index in [0.717, 1.165) is 18.4 Å². The third-order valence-electron chi connectivity index (χ3n) is 8.01. The van der Waals surface area contributed by atoms with Crippen LogP contribution in [0.2, 0.25) is 0 Å². The summed E-state index contributed by atoms with van der Waals surface area (Å²) in [6.45, 7) is 7.71. The summed E-state index contributed by atoms with van der Waals surface area (Å²) in [5.41, 5.74) is -0.474. The van der Waals surface area contributed by atoms with Crippen molar-refractivity contribution in [2.75, 3.05) is 6.61 Å². The van der Waals surface area contributed by atoms with Crippen LogP contribution in [0.3, 0.4) is 0 Å². The number of hydrogen-bond donors (Lipinski definition) is 1. The van der Waals surface area contributed by atoms with Gasteiger partial charge in [0.1, 0.15) is 30.0 Å². The van der Waals surface area contributed by atoms with Crippen LogP contribution in [0, 0.1) is 23.7 Å². The minimum absolute atomic E-state index is 0.0457. The van der Waals surface area contributed by atoms with E-state index >= 15 is 0 Å². The highest BCUT2D eigenvalue weighted by molar-refractivity contribution is 5.87. The summed E-state index contributed by atoms with van der Waals surface area (Å²) in [7, 11) is 0. The van der Waals surface area contributed by atoms with Crippen molar-refractivity contribution in [3.63, 3.8) is 0 Å². The number of carbonyl (C=O) groups is 2. The summed E-state index contributed by atoms with van der Waals surface area (Å²) in [4.78, 5) is 24.9. The molecule has 32 heavy (non-hydrogen) atoms. The van der Waals surface area contributed by atoms with E-state index in [1.54, 1.807) is 6.08 Å². The zero-order chi connectivity index (χ0) is 23.1. The molecule has 6 heteroatoms. The number of carbonyl (C=O) groups excluding carboxylic acids is 2. The average molecular weight is 443 g/mol. The van der Waals surface area contributed by atoms with Gasteiger partial charge in [-0.3, -0.25) is 0 Å². The number of ether oxygens (including phenoxy) is 3. The molecule has 7 atom stereocenters. The lowest BCUT2D eigenvalue weighted by atomic mass is 9.69. The summed E-state index contributed by atoms with van der Waals surface area (Å²) in [5, 5.41) is 9.25. The topological polar surface area (TPSA) is 82.1 Å². The molecule has 1 aliphatic carbocycles. The van der Waals surface area contributed by atoms with Crippen LogP contribution < -0.4 is 0 Å². The molecule has 1 unspecified atom stereocenters. The molecule has 0 aromatic heterocycles. The van der Waals surface area contributed by atoms with Crippen LogP contribution in [0.15, 0.2) is 36.4 Å². The first-order valence-electron chi connectivity index (χ1n) is 11.7. The van der Waals surface area contributed by atoms with E-state index < -0.39 is 36.0 Å². The van der Waals surface area contributed by atoms with Crippen molar-refractivity contribution in [2.45, 2.75) is 70.4 Å². The van der Waals surface area contributed by atoms with Gasteiger partial charge in [0.2, 0.25) is 0 Å². The van der Waals surface area contributed by atoms with Gasteiger partial charge in [-0.1, -0.05) is 51.1 Å². The first-order valence-corrected chi connectivity index (χ1v) is 11.7. The van der Waals surface area contributed by atoms with Crippen LogP contribution in [0.1, 0.15) is 52.5 Å². The van der Waals surface area contributed by atoms with Crippen molar-refractivity contribution in [3.8, 4) is 0 Å². The lowest BCUT2D eigenvalue weighted by Crippen LogP contribution is -2.62. The maximum absolute atomic E-state index is 12.9. The Labute approximate surface area is 189 Å². The Morgan fingerprint density at radius 3 is 2.59 bits per heavy atom. The number of esters is 2. The van der Waals surface area contributed by atoms with Gasteiger partial charge in [0.25, 0.3) is 0 Å². The second-order valence-corrected chi connectivity index (χ2v) is 10.1. The average Bonchev–Trinajstić information content (AvgIpc) is 3.28. The van der Waals surface area contributed by atoms with Gasteiger partial charge in [-0.15, -0.1) is 0 Å². The second-order valence-electron chi connectivity index (χ2n) is 10.1. The summed E-state index contributed by atoms with van der Waals surface area (Å²) in [6, 6.07) is 9.64. The molecule has 1 aromatic carbocycles. The Bertz CT molecular complexity index is 880. The van der Waals surface area contributed by atoms with E-state index in [2.05, 4.69) is 20.8 Å². The van der Waals surface area contributed by atoms with Gasteiger partial charge in [-0.25, -0.2) is 9.59 Å². The standard InChI is InChI=1S/C26H34O6/c1-16(2)26-14-20(30-22(29)15-27)25(4,32-26)19-12-10-17(3)23(19)24(26)31-21(28)13-11-18-8-6-5-7-9-18/h5-9,11,13,16-17,19-20,23-24,27H,10,12,14-15H2,1-4H3/b13-11+/t17-,19-,20-,23-,24+,25+,26?/m1/s1. The van der Waals surface area contributed by atoms with E-state index in [1.165, 1.54) is 6.08 Å². The monoisotopic (exact) mass is 442 g/mol. The molecule has 3 aliphatic rings. The van der Waals surface area contributed by atoms with Crippen LogP contribution >= 0.6 is 0 Å². The van der Waals surface area contributed by atoms with E-state index in [-0.39, 0.29) is 23.7 Å². The number of aliphatic hydroxyl groups excluding tert-OH is 1. The molecule has 0 amide bonds. The van der Waals surface area contributed by atoms with Gasteiger partial charge in [-0.2, -0.15) is 0 Å². The summed E-state index contributed by atoms with van der Waals surface area (Å²) in [5.74, 6) is -0.385. The molecule has 2 aliphatic heterocycles. The van der Waals surface area contributed by atoms with E-state index in [1.807, 2.05) is 37.3 Å². The van der Waals surface area contributed by atoms with Crippen LogP contribution in [0.4, 0.5) is 0 Å². The molecule has 3 fully saturated rings. The highest BCUT2D eigenvalue weighted by atomic mass is 16.6. The fourth-order valence-corrected chi connectivity index (χ4v) is 6.33. The van der Waals surface area contributed by atoms with Gasteiger partial charge >= 0.3 is 11.9 Å². The van der Waals surface area contributed by atoms with E-state index in [4.69, 9.17) is 14.2 Å². The lowest BCUT2D eigenvalue weighted by Gasteiger charge is -2.52. The molecule has 2 bridgehead atoms. The van der Waals surface area contributed by atoms with Crippen molar-refractivity contribution in [1.29, 1.82) is 0 Å². The normalized spacial score (nSPS) is 38.1. The van der Waals surface area contributed by atoms with Gasteiger partial charge in [0.05, 0.1) is 0 Å². The molecule has 1 N–H and O–H groups in total. The zero-order valence-corrected chi connectivity index (χ0v) is 19.3. The van der Waals surface area contributed by atoms with Gasteiger partial charge in [0, 0.05) is 18.4 Å². The SMILES string of the molecule is CC(C)C12C[C@@H](OC(=O)CO)[C@@](C)(O1)[C@@H]1CC[C@@H](C)[C@H]1[C@@H]2OC(=O)/C=C/c1ccccc1. The Balaban J connectivity index is 1.65. The van der Waals surface area contributed by atoms with Crippen LogP contribution in [0.25, 0.3) is 6.08 Å². The Hall–Kier alpha value is -2.18. The fourth-order valence-electron chi connectivity index (χ4n) is 6.33. The predicted octanol–water partition coefficient (Wildman–Crippen LogP) is 3.77. The first kappa shape index (κ1) is 23.0. The minimum Gasteiger partial charge on any atom is -0.457 e. The molecule has 1 aromatic rings. The smallest absolute Gasteiger partial charge is 0.332 e. The maximum Gasteiger partial charge on any atom is 0.332 e. The molecule has 1 saturated carbocycles.